The molecule has 5 nitrogen and oxygen atoms in total. The molecule has 1 amide bonds. The van der Waals surface area contributed by atoms with E-state index >= 15 is 0 Å². The fourth-order valence-corrected chi connectivity index (χ4v) is 1.96. The largest absolute Gasteiger partial charge is 0.478 e. The first kappa shape index (κ1) is 13.7. The molecule has 0 saturated heterocycles. The summed E-state index contributed by atoms with van der Waals surface area (Å²) in [6, 6.07) is 8.35. The number of amides is 1. The van der Waals surface area contributed by atoms with Gasteiger partial charge >= 0.3 is 5.97 Å². The molecule has 2 aromatic rings. The van der Waals surface area contributed by atoms with Gasteiger partial charge in [0.25, 0.3) is 5.91 Å². The zero-order valence-corrected chi connectivity index (χ0v) is 11.2. The number of pyridine rings is 1. The lowest BCUT2D eigenvalue weighted by molar-refractivity contribution is 0.0697. The van der Waals surface area contributed by atoms with E-state index in [1.54, 1.807) is 12.1 Å². The van der Waals surface area contributed by atoms with E-state index in [1.807, 2.05) is 19.9 Å². The van der Waals surface area contributed by atoms with Crippen molar-refractivity contribution in [2.24, 2.45) is 0 Å². The van der Waals surface area contributed by atoms with E-state index in [0.717, 1.165) is 11.1 Å². The highest BCUT2D eigenvalue weighted by molar-refractivity contribution is 6.07. The molecular weight excluding hydrogens is 256 g/mol. The molecule has 0 atom stereocenters. The number of carboxylic acids is 1. The highest BCUT2D eigenvalue weighted by Crippen LogP contribution is 2.14. The average Bonchev–Trinajstić information content (AvgIpc) is 2.37. The molecule has 0 bridgehead atoms. The fourth-order valence-electron chi connectivity index (χ4n) is 1.96. The normalized spacial score (nSPS) is 10.1. The summed E-state index contributed by atoms with van der Waals surface area (Å²) in [5.74, 6) is -1.46. The minimum absolute atomic E-state index is 0.0368. The van der Waals surface area contributed by atoms with Crippen LogP contribution in [0, 0.1) is 13.8 Å². The minimum Gasteiger partial charge on any atom is -0.478 e. The Labute approximate surface area is 116 Å². The van der Waals surface area contributed by atoms with Crippen molar-refractivity contribution in [2.75, 3.05) is 5.32 Å². The molecule has 0 radical (unpaired) electrons. The van der Waals surface area contributed by atoms with Gasteiger partial charge in [-0.05, 0) is 38.1 Å². The SMILES string of the molecule is Cc1cc(C)cc(C(=O)Nc2ncccc2C(=O)O)c1. The summed E-state index contributed by atoms with van der Waals surface area (Å²) in [7, 11) is 0. The van der Waals surface area contributed by atoms with E-state index in [4.69, 9.17) is 5.11 Å². The Kier molecular flexibility index (Phi) is 3.79. The number of aromatic nitrogens is 1. The summed E-state index contributed by atoms with van der Waals surface area (Å²) >= 11 is 0. The third kappa shape index (κ3) is 3.00. The van der Waals surface area contributed by atoms with Crippen molar-refractivity contribution < 1.29 is 14.7 Å². The molecule has 0 saturated carbocycles. The third-order valence-electron chi connectivity index (χ3n) is 2.75. The summed E-state index contributed by atoms with van der Waals surface area (Å²) in [6.45, 7) is 3.79. The van der Waals surface area contributed by atoms with Gasteiger partial charge in [0.05, 0.1) is 0 Å². The van der Waals surface area contributed by atoms with Crippen molar-refractivity contribution in [3.63, 3.8) is 0 Å². The number of nitrogens with zero attached hydrogens (tertiary/aromatic N) is 1. The van der Waals surface area contributed by atoms with Crippen molar-refractivity contribution in [3.05, 3.63) is 58.8 Å². The number of benzene rings is 1. The number of carbonyl (C=O) groups excluding carboxylic acids is 1. The third-order valence-corrected chi connectivity index (χ3v) is 2.75. The zero-order valence-electron chi connectivity index (χ0n) is 11.2. The van der Waals surface area contributed by atoms with Crippen molar-refractivity contribution in [1.29, 1.82) is 0 Å². The first-order valence-electron chi connectivity index (χ1n) is 6.05. The standard InChI is InChI=1S/C15H14N2O3/c1-9-6-10(2)8-11(7-9)14(18)17-13-12(15(19)20)4-3-5-16-13/h3-8H,1-2H3,(H,19,20)(H,16,17,18). The molecule has 5 heteroatoms. The number of carbonyl (C=O) groups is 2. The number of carboxylic acid groups (broad SMARTS) is 1. The predicted octanol–water partition coefficient (Wildman–Crippen LogP) is 2.65. The first-order valence-corrected chi connectivity index (χ1v) is 6.05. The van der Waals surface area contributed by atoms with Crippen LogP contribution in [0.5, 0.6) is 0 Å². The number of hydrogen-bond donors (Lipinski definition) is 2. The number of nitrogens with one attached hydrogen (secondary N) is 1. The molecule has 20 heavy (non-hydrogen) atoms. The summed E-state index contributed by atoms with van der Waals surface area (Å²) < 4.78 is 0. The number of rotatable bonds is 3. The van der Waals surface area contributed by atoms with Gasteiger partial charge in [-0.3, -0.25) is 4.79 Å². The van der Waals surface area contributed by atoms with Crippen molar-refractivity contribution in [2.45, 2.75) is 13.8 Å². The second-order valence-electron chi connectivity index (χ2n) is 4.54. The maximum Gasteiger partial charge on any atom is 0.339 e. The maximum absolute atomic E-state index is 12.1. The van der Waals surface area contributed by atoms with Crippen LogP contribution >= 0.6 is 0 Å². The number of hydrogen-bond acceptors (Lipinski definition) is 3. The van der Waals surface area contributed by atoms with E-state index in [2.05, 4.69) is 10.3 Å². The molecule has 1 heterocycles. The summed E-state index contributed by atoms with van der Waals surface area (Å²) in [5.41, 5.74) is 2.37. The van der Waals surface area contributed by atoms with E-state index in [1.165, 1.54) is 18.3 Å². The van der Waals surface area contributed by atoms with E-state index in [0.29, 0.717) is 5.56 Å². The molecule has 102 valence electrons. The van der Waals surface area contributed by atoms with Crippen LogP contribution in [-0.2, 0) is 0 Å². The van der Waals surface area contributed by atoms with Crippen LogP contribution in [0.3, 0.4) is 0 Å². The molecule has 0 spiro atoms. The second-order valence-corrected chi connectivity index (χ2v) is 4.54. The van der Waals surface area contributed by atoms with E-state index in [-0.39, 0.29) is 17.3 Å². The molecule has 1 aromatic heterocycles. The first-order chi connectivity index (χ1) is 9.47. The van der Waals surface area contributed by atoms with Crippen LogP contribution in [0.1, 0.15) is 31.8 Å². The Morgan fingerprint density at radius 2 is 1.80 bits per heavy atom. The topological polar surface area (TPSA) is 79.3 Å². The van der Waals surface area contributed by atoms with Gasteiger partial charge in [0.2, 0.25) is 0 Å². The predicted molar refractivity (Wildman–Crippen MR) is 75.1 cm³/mol. The number of anilines is 1. The Balaban J connectivity index is 2.30. The van der Waals surface area contributed by atoms with Crippen LogP contribution in [0.4, 0.5) is 5.82 Å². The summed E-state index contributed by atoms with van der Waals surface area (Å²) in [6.07, 6.45) is 1.43. The highest BCUT2D eigenvalue weighted by atomic mass is 16.4. The average molecular weight is 270 g/mol. The quantitative estimate of drug-likeness (QED) is 0.898. The zero-order chi connectivity index (χ0) is 14.7. The van der Waals surface area contributed by atoms with Crippen LogP contribution in [0.2, 0.25) is 0 Å². The Morgan fingerprint density at radius 1 is 1.15 bits per heavy atom. The van der Waals surface area contributed by atoms with Crippen molar-refractivity contribution in [1.82, 2.24) is 4.98 Å². The monoisotopic (exact) mass is 270 g/mol. The Hall–Kier alpha value is -2.69. The molecule has 0 unspecified atom stereocenters. The lowest BCUT2D eigenvalue weighted by Gasteiger charge is -2.08. The van der Waals surface area contributed by atoms with Gasteiger partial charge < -0.3 is 10.4 Å². The van der Waals surface area contributed by atoms with Crippen LogP contribution in [-0.4, -0.2) is 22.0 Å². The molecule has 0 aliphatic carbocycles. The van der Waals surface area contributed by atoms with E-state index in [9.17, 15) is 9.59 Å². The fraction of sp³-hybridized carbons (Fsp3) is 0.133. The second kappa shape index (κ2) is 5.52. The lowest BCUT2D eigenvalue weighted by atomic mass is 10.1. The van der Waals surface area contributed by atoms with Gasteiger partial charge in [0.1, 0.15) is 11.4 Å². The van der Waals surface area contributed by atoms with Crippen LogP contribution < -0.4 is 5.32 Å². The molecule has 0 fully saturated rings. The maximum atomic E-state index is 12.1. The Morgan fingerprint density at radius 3 is 2.40 bits per heavy atom. The smallest absolute Gasteiger partial charge is 0.339 e. The molecule has 0 aliphatic heterocycles. The highest BCUT2D eigenvalue weighted by Gasteiger charge is 2.14. The number of aromatic carboxylic acids is 1. The van der Waals surface area contributed by atoms with Gasteiger partial charge in [0.15, 0.2) is 0 Å². The number of aryl methyl sites for hydroxylation is 2. The van der Waals surface area contributed by atoms with Gasteiger partial charge in [0, 0.05) is 11.8 Å². The van der Waals surface area contributed by atoms with Gasteiger partial charge in [-0.25, -0.2) is 9.78 Å². The Bertz CT molecular complexity index is 660. The van der Waals surface area contributed by atoms with Gasteiger partial charge in [-0.15, -0.1) is 0 Å². The van der Waals surface area contributed by atoms with Gasteiger partial charge in [-0.2, -0.15) is 0 Å². The van der Waals surface area contributed by atoms with Crippen LogP contribution in [0.25, 0.3) is 0 Å². The molecule has 2 rings (SSSR count). The minimum atomic E-state index is -1.13. The van der Waals surface area contributed by atoms with Crippen molar-refractivity contribution >= 4 is 17.7 Å². The van der Waals surface area contributed by atoms with Crippen molar-refractivity contribution in [3.8, 4) is 0 Å². The lowest BCUT2D eigenvalue weighted by Crippen LogP contribution is -2.16. The van der Waals surface area contributed by atoms with Gasteiger partial charge in [-0.1, -0.05) is 17.2 Å². The molecule has 1 aromatic carbocycles. The molecule has 2 N–H and O–H groups in total. The molecule has 0 aliphatic rings. The molecular formula is C15H14N2O3. The van der Waals surface area contributed by atoms with Crippen LogP contribution in [0.15, 0.2) is 36.5 Å². The summed E-state index contributed by atoms with van der Waals surface area (Å²) in [5, 5.41) is 11.6. The van der Waals surface area contributed by atoms with E-state index < -0.39 is 5.97 Å². The summed E-state index contributed by atoms with van der Waals surface area (Å²) in [4.78, 5) is 27.1.